The molecule has 1 atom stereocenters. The number of aliphatic hydroxyl groups is 1. The standard InChI is InChI=1S/C14H11F3O3S/c15-12-9-5-4-8-11(12)13(18)14(16,17)21(19,20)10-6-2-1-3-7-10/h1-9,13,18H. The Morgan fingerprint density at radius 2 is 1.48 bits per heavy atom. The van der Waals surface area contributed by atoms with Crippen LogP contribution in [0, 0.1) is 5.82 Å². The van der Waals surface area contributed by atoms with Gasteiger partial charge in [0.05, 0.1) is 4.90 Å². The first-order valence-corrected chi connectivity index (χ1v) is 7.37. The highest BCUT2D eigenvalue weighted by Gasteiger charge is 2.53. The van der Waals surface area contributed by atoms with E-state index < -0.39 is 37.5 Å². The molecule has 112 valence electrons. The van der Waals surface area contributed by atoms with E-state index >= 15 is 0 Å². The van der Waals surface area contributed by atoms with E-state index in [1.807, 2.05) is 0 Å². The molecular formula is C14H11F3O3S. The van der Waals surface area contributed by atoms with Crippen molar-refractivity contribution < 1.29 is 26.7 Å². The molecule has 3 nitrogen and oxygen atoms in total. The maximum absolute atomic E-state index is 14.1. The smallest absolute Gasteiger partial charge is 0.379 e. The summed E-state index contributed by atoms with van der Waals surface area (Å²) in [5.74, 6) is -1.10. The fourth-order valence-corrected chi connectivity index (χ4v) is 3.03. The zero-order valence-corrected chi connectivity index (χ0v) is 11.4. The maximum Gasteiger partial charge on any atom is 0.379 e. The molecule has 0 aromatic heterocycles. The predicted octanol–water partition coefficient (Wildman–Crippen LogP) is 2.93. The minimum Gasteiger partial charge on any atom is -0.381 e. The molecule has 1 unspecified atom stereocenters. The van der Waals surface area contributed by atoms with Crippen molar-refractivity contribution in [2.45, 2.75) is 16.3 Å². The summed E-state index contributed by atoms with van der Waals surface area (Å²) < 4.78 is 65.7. The van der Waals surface area contributed by atoms with Gasteiger partial charge in [-0.3, -0.25) is 0 Å². The van der Waals surface area contributed by atoms with Gasteiger partial charge in [0.1, 0.15) is 5.82 Å². The average Bonchev–Trinajstić information content (AvgIpc) is 2.47. The predicted molar refractivity (Wildman–Crippen MR) is 69.9 cm³/mol. The minimum absolute atomic E-state index is 0.648. The van der Waals surface area contributed by atoms with Gasteiger partial charge in [0.25, 0.3) is 0 Å². The second-order valence-corrected chi connectivity index (χ2v) is 6.32. The fraction of sp³-hybridized carbons (Fsp3) is 0.143. The van der Waals surface area contributed by atoms with Crippen LogP contribution in [0.25, 0.3) is 0 Å². The van der Waals surface area contributed by atoms with E-state index in [1.54, 1.807) is 0 Å². The minimum atomic E-state index is -5.15. The molecule has 2 aromatic rings. The van der Waals surface area contributed by atoms with E-state index in [1.165, 1.54) is 30.3 Å². The van der Waals surface area contributed by atoms with Crippen molar-refractivity contribution in [1.82, 2.24) is 0 Å². The third kappa shape index (κ3) is 2.66. The number of hydrogen-bond donors (Lipinski definition) is 1. The molecule has 2 aromatic carbocycles. The van der Waals surface area contributed by atoms with Crippen LogP contribution in [0.3, 0.4) is 0 Å². The number of halogens is 3. The number of hydrogen-bond acceptors (Lipinski definition) is 3. The lowest BCUT2D eigenvalue weighted by atomic mass is 10.1. The van der Waals surface area contributed by atoms with Gasteiger partial charge in [0.2, 0.25) is 9.84 Å². The van der Waals surface area contributed by atoms with E-state index in [4.69, 9.17) is 0 Å². The monoisotopic (exact) mass is 316 g/mol. The molecule has 0 heterocycles. The first-order valence-electron chi connectivity index (χ1n) is 5.88. The van der Waals surface area contributed by atoms with Crippen LogP contribution in [0.5, 0.6) is 0 Å². The van der Waals surface area contributed by atoms with E-state index in [9.17, 15) is 26.7 Å². The van der Waals surface area contributed by atoms with Crippen molar-refractivity contribution in [2.24, 2.45) is 0 Å². The summed E-state index contributed by atoms with van der Waals surface area (Å²) in [6, 6.07) is 10.2. The van der Waals surface area contributed by atoms with Crippen LogP contribution in [0.15, 0.2) is 59.5 Å². The van der Waals surface area contributed by atoms with E-state index in [-0.39, 0.29) is 0 Å². The van der Waals surface area contributed by atoms with Crippen molar-refractivity contribution >= 4 is 9.84 Å². The molecule has 0 fully saturated rings. The number of benzene rings is 2. The topological polar surface area (TPSA) is 54.4 Å². The van der Waals surface area contributed by atoms with Crippen molar-refractivity contribution in [3.63, 3.8) is 0 Å². The summed E-state index contributed by atoms with van der Waals surface area (Å²) in [7, 11) is -5.15. The van der Waals surface area contributed by atoms with Gasteiger partial charge in [-0.15, -0.1) is 0 Å². The molecule has 0 spiro atoms. The van der Waals surface area contributed by atoms with Gasteiger partial charge in [-0.2, -0.15) is 8.78 Å². The molecule has 0 bridgehead atoms. The molecule has 0 aliphatic heterocycles. The van der Waals surface area contributed by atoms with Crippen LogP contribution in [0.2, 0.25) is 0 Å². The molecule has 0 amide bonds. The molecule has 0 aliphatic carbocycles. The van der Waals surface area contributed by atoms with Gasteiger partial charge in [0.15, 0.2) is 6.10 Å². The number of rotatable bonds is 4. The molecule has 0 radical (unpaired) electrons. The third-order valence-electron chi connectivity index (χ3n) is 2.93. The largest absolute Gasteiger partial charge is 0.381 e. The average molecular weight is 316 g/mol. The number of sulfone groups is 1. The zero-order valence-electron chi connectivity index (χ0n) is 10.6. The highest BCUT2D eigenvalue weighted by Crippen LogP contribution is 2.40. The van der Waals surface area contributed by atoms with Crippen LogP contribution in [0.4, 0.5) is 13.2 Å². The molecular weight excluding hydrogens is 305 g/mol. The Hall–Kier alpha value is -1.86. The zero-order chi connectivity index (χ0) is 15.7. The quantitative estimate of drug-likeness (QED) is 0.943. The highest BCUT2D eigenvalue weighted by molar-refractivity contribution is 7.92. The Labute approximate surface area is 119 Å². The summed E-state index contributed by atoms with van der Waals surface area (Å²) in [6.07, 6.45) is -2.80. The normalized spacial score (nSPS) is 13.9. The molecule has 0 saturated carbocycles. The first kappa shape index (κ1) is 15.5. The molecule has 21 heavy (non-hydrogen) atoms. The Bertz CT molecular complexity index is 730. The summed E-state index contributed by atoms with van der Waals surface area (Å²) >= 11 is 0. The second-order valence-electron chi connectivity index (χ2n) is 4.30. The Balaban J connectivity index is 2.49. The lowest BCUT2D eigenvalue weighted by Crippen LogP contribution is -2.36. The summed E-state index contributed by atoms with van der Waals surface area (Å²) in [6.45, 7) is 0. The first-order chi connectivity index (χ1) is 9.78. The second kappa shape index (κ2) is 5.50. The number of aliphatic hydroxyl groups excluding tert-OH is 1. The fourth-order valence-electron chi connectivity index (χ4n) is 1.78. The van der Waals surface area contributed by atoms with Gasteiger partial charge in [-0.05, 0) is 18.2 Å². The Morgan fingerprint density at radius 1 is 0.952 bits per heavy atom. The third-order valence-corrected chi connectivity index (χ3v) is 4.76. The molecule has 1 N–H and O–H groups in total. The van der Waals surface area contributed by atoms with Gasteiger partial charge in [0, 0.05) is 5.56 Å². The molecule has 7 heteroatoms. The molecule has 2 rings (SSSR count). The summed E-state index contributed by atoms with van der Waals surface area (Å²) in [5.41, 5.74) is -0.776. The van der Waals surface area contributed by atoms with E-state index in [2.05, 4.69) is 0 Å². The van der Waals surface area contributed by atoms with Crippen molar-refractivity contribution in [3.8, 4) is 0 Å². The van der Waals surface area contributed by atoms with Gasteiger partial charge < -0.3 is 5.11 Å². The van der Waals surface area contributed by atoms with Crippen LogP contribution in [-0.2, 0) is 9.84 Å². The number of alkyl halides is 2. The molecule has 0 aliphatic rings. The highest BCUT2D eigenvalue weighted by atomic mass is 32.2. The van der Waals surface area contributed by atoms with Crippen molar-refractivity contribution in [3.05, 3.63) is 66.0 Å². The van der Waals surface area contributed by atoms with Gasteiger partial charge >= 0.3 is 5.25 Å². The Kier molecular flexibility index (Phi) is 4.06. The maximum atomic E-state index is 14.1. The van der Waals surface area contributed by atoms with E-state index in [0.29, 0.717) is 0 Å². The SMILES string of the molecule is O=S(=O)(c1ccccc1)C(F)(F)C(O)c1ccccc1F. The Morgan fingerprint density at radius 3 is 2.05 bits per heavy atom. The van der Waals surface area contributed by atoms with Crippen LogP contribution >= 0.6 is 0 Å². The van der Waals surface area contributed by atoms with E-state index in [0.717, 1.165) is 24.3 Å². The van der Waals surface area contributed by atoms with Gasteiger partial charge in [-0.25, -0.2) is 12.8 Å². The van der Waals surface area contributed by atoms with Crippen molar-refractivity contribution in [2.75, 3.05) is 0 Å². The summed E-state index contributed by atoms with van der Waals surface area (Å²) in [4.78, 5) is -0.648. The summed E-state index contributed by atoms with van der Waals surface area (Å²) in [5, 5.41) is 5.10. The van der Waals surface area contributed by atoms with Gasteiger partial charge in [-0.1, -0.05) is 36.4 Å². The lowest BCUT2D eigenvalue weighted by molar-refractivity contribution is -0.0450. The van der Waals surface area contributed by atoms with Crippen LogP contribution in [-0.4, -0.2) is 18.8 Å². The molecule has 0 saturated heterocycles. The lowest BCUT2D eigenvalue weighted by Gasteiger charge is -2.23. The van der Waals surface area contributed by atoms with Crippen LogP contribution in [0.1, 0.15) is 11.7 Å². The van der Waals surface area contributed by atoms with Crippen molar-refractivity contribution in [1.29, 1.82) is 0 Å². The van der Waals surface area contributed by atoms with Crippen LogP contribution < -0.4 is 0 Å².